The van der Waals surface area contributed by atoms with Crippen LogP contribution < -0.4 is 5.32 Å². The van der Waals surface area contributed by atoms with Crippen molar-refractivity contribution in [3.63, 3.8) is 0 Å². The van der Waals surface area contributed by atoms with Crippen LogP contribution in [0.15, 0.2) is 71.1 Å². The van der Waals surface area contributed by atoms with Crippen molar-refractivity contribution >= 4 is 16.7 Å². The molecule has 0 unspecified atom stereocenters. The van der Waals surface area contributed by atoms with Crippen LogP contribution in [0.2, 0.25) is 0 Å². The molecule has 0 radical (unpaired) electrons. The van der Waals surface area contributed by atoms with Crippen molar-refractivity contribution in [2.75, 3.05) is 6.54 Å². The minimum Gasteiger partial charge on any atom is -0.424 e. The van der Waals surface area contributed by atoms with E-state index in [0.29, 0.717) is 12.3 Å². The van der Waals surface area contributed by atoms with Gasteiger partial charge in [0.25, 0.3) is 0 Å². The molecule has 1 N–H and O–H groups in total. The predicted molar refractivity (Wildman–Crippen MR) is 109 cm³/mol. The summed E-state index contributed by atoms with van der Waals surface area (Å²) in [5.74, 6) is 0.374. The third-order valence-corrected chi connectivity index (χ3v) is 4.55. The van der Waals surface area contributed by atoms with Gasteiger partial charge in [-0.15, -0.1) is 10.2 Å². The molecule has 3 aromatic carbocycles. The first-order valence-corrected chi connectivity index (χ1v) is 9.24. The van der Waals surface area contributed by atoms with E-state index in [0.717, 1.165) is 16.3 Å². The van der Waals surface area contributed by atoms with Gasteiger partial charge in [-0.3, -0.25) is 4.79 Å². The molecule has 4 aromatic rings. The number of nitriles is 1. The Morgan fingerprint density at radius 1 is 0.931 bits per heavy atom. The SMILES string of the molecule is N#CCNC(=O)Cc1nnc(Cc2ccc3cc(-c4ccccc4)ccc3c2)o1. The van der Waals surface area contributed by atoms with E-state index in [2.05, 4.69) is 58.0 Å². The lowest BCUT2D eigenvalue weighted by atomic mass is 9.99. The molecule has 0 fully saturated rings. The lowest BCUT2D eigenvalue weighted by Crippen LogP contribution is -2.25. The summed E-state index contributed by atoms with van der Waals surface area (Å²) >= 11 is 0. The molecule has 0 bridgehead atoms. The summed E-state index contributed by atoms with van der Waals surface area (Å²) in [6.45, 7) is -0.0388. The number of carbonyl (C=O) groups is 1. The van der Waals surface area contributed by atoms with E-state index in [-0.39, 0.29) is 24.8 Å². The molecule has 0 spiro atoms. The summed E-state index contributed by atoms with van der Waals surface area (Å²) in [5.41, 5.74) is 3.42. The fourth-order valence-electron chi connectivity index (χ4n) is 3.16. The van der Waals surface area contributed by atoms with Crippen molar-refractivity contribution in [2.45, 2.75) is 12.8 Å². The summed E-state index contributed by atoms with van der Waals surface area (Å²) < 4.78 is 5.56. The first-order valence-electron chi connectivity index (χ1n) is 9.24. The summed E-state index contributed by atoms with van der Waals surface area (Å²) in [5, 5.41) is 21.2. The Balaban J connectivity index is 1.48. The zero-order valence-electron chi connectivity index (χ0n) is 15.6. The normalized spacial score (nSPS) is 10.6. The molecule has 0 atom stereocenters. The zero-order valence-corrected chi connectivity index (χ0v) is 15.6. The first-order chi connectivity index (χ1) is 14.2. The third kappa shape index (κ3) is 4.47. The number of nitrogens with zero attached hydrogens (tertiary/aromatic N) is 3. The number of nitrogens with one attached hydrogen (secondary N) is 1. The minimum absolute atomic E-state index is 0.0331. The van der Waals surface area contributed by atoms with Gasteiger partial charge in [0.1, 0.15) is 13.0 Å². The molecule has 0 aliphatic carbocycles. The maximum atomic E-state index is 11.6. The van der Waals surface area contributed by atoms with Crippen molar-refractivity contribution in [3.8, 4) is 17.2 Å². The van der Waals surface area contributed by atoms with Crippen LogP contribution >= 0.6 is 0 Å². The third-order valence-electron chi connectivity index (χ3n) is 4.55. The highest BCUT2D eigenvalue weighted by molar-refractivity contribution is 5.87. The van der Waals surface area contributed by atoms with Crippen molar-refractivity contribution < 1.29 is 9.21 Å². The molecule has 0 aliphatic rings. The lowest BCUT2D eigenvalue weighted by molar-refractivity contribution is -0.120. The number of amides is 1. The van der Waals surface area contributed by atoms with Gasteiger partial charge in [0.15, 0.2) is 0 Å². The first kappa shape index (κ1) is 18.4. The van der Waals surface area contributed by atoms with Crippen molar-refractivity contribution in [2.24, 2.45) is 0 Å². The molecule has 142 valence electrons. The fraction of sp³-hybridized carbons (Fsp3) is 0.130. The Morgan fingerprint density at radius 2 is 1.69 bits per heavy atom. The van der Waals surface area contributed by atoms with E-state index < -0.39 is 0 Å². The molecule has 1 heterocycles. The molecular formula is C23H18N4O2. The monoisotopic (exact) mass is 382 g/mol. The Kier molecular flexibility index (Phi) is 5.30. The van der Waals surface area contributed by atoms with Gasteiger partial charge in [-0.2, -0.15) is 5.26 Å². The van der Waals surface area contributed by atoms with Crippen molar-refractivity contribution in [1.82, 2.24) is 15.5 Å². The van der Waals surface area contributed by atoms with Crippen molar-refractivity contribution in [3.05, 3.63) is 84.1 Å². The summed E-state index contributed by atoms with van der Waals surface area (Å²) in [7, 11) is 0. The Hall–Kier alpha value is -3.98. The molecule has 6 nitrogen and oxygen atoms in total. The van der Waals surface area contributed by atoms with Gasteiger partial charge >= 0.3 is 0 Å². The van der Waals surface area contributed by atoms with Gasteiger partial charge in [-0.05, 0) is 33.5 Å². The highest BCUT2D eigenvalue weighted by Crippen LogP contribution is 2.25. The van der Waals surface area contributed by atoms with Crippen LogP contribution in [0.1, 0.15) is 17.3 Å². The number of hydrogen-bond acceptors (Lipinski definition) is 5. The second-order valence-corrected chi connectivity index (χ2v) is 6.64. The van der Waals surface area contributed by atoms with E-state index in [1.54, 1.807) is 0 Å². The second-order valence-electron chi connectivity index (χ2n) is 6.64. The van der Waals surface area contributed by atoms with E-state index in [1.807, 2.05) is 30.3 Å². The van der Waals surface area contributed by atoms with Gasteiger partial charge < -0.3 is 9.73 Å². The average Bonchev–Trinajstić information content (AvgIpc) is 3.19. The summed E-state index contributed by atoms with van der Waals surface area (Å²) in [6, 6.07) is 24.8. The van der Waals surface area contributed by atoms with Crippen LogP contribution in [0.25, 0.3) is 21.9 Å². The molecule has 0 aliphatic heterocycles. The molecule has 1 amide bonds. The Morgan fingerprint density at radius 3 is 2.52 bits per heavy atom. The van der Waals surface area contributed by atoms with Crippen LogP contribution in [0.4, 0.5) is 0 Å². The van der Waals surface area contributed by atoms with Crippen LogP contribution in [0.5, 0.6) is 0 Å². The summed E-state index contributed by atoms with van der Waals surface area (Å²) in [6.07, 6.45) is 0.456. The number of fused-ring (bicyclic) bond motifs is 1. The van der Waals surface area contributed by atoms with Gasteiger partial charge in [-0.25, -0.2) is 0 Å². The van der Waals surface area contributed by atoms with Crippen molar-refractivity contribution in [1.29, 1.82) is 5.26 Å². The molecule has 4 rings (SSSR count). The van der Waals surface area contributed by atoms with E-state index in [1.165, 1.54) is 11.1 Å². The zero-order chi connectivity index (χ0) is 20.1. The van der Waals surface area contributed by atoms with Crippen LogP contribution in [-0.2, 0) is 17.6 Å². The van der Waals surface area contributed by atoms with Gasteiger partial charge in [-0.1, -0.05) is 60.7 Å². The number of hydrogen-bond donors (Lipinski definition) is 1. The average molecular weight is 382 g/mol. The molecular weight excluding hydrogens is 364 g/mol. The van der Waals surface area contributed by atoms with E-state index in [4.69, 9.17) is 9.68 Å². The summed E-state index contributed by atoms with van der Waals surface area (Å²) in [4.78, 5) is 11.6. The van der Waals surface area contributed by atoms with Gasteiger partial charge in [0.05, 0.1) is 12.5 Å². The maximum Gasteiger partial charge on any atom is 0.230 e. The molecule has 1 aromatic heterocycles. The predicted octanol–water partition coefficient (Wildman–Crippen LogP) is 3.66. The largest absolute Gasteiger partial charge is 0.424 e. The van der Waals surface area contributed by atoms with Crippen LogP contribution in [0.3, 0.4) is 0 Å². The molecule has 6 heteroatoms. The number of aromatic nitrogens is 2. The molecule has 0 saturated carbocycles. The van der Waals surface area contributed by atoms with Crippen LogP contribution in [-0.4, -0.2) is 22.6 Å². The van der Waals surface area contributed by atoms with Gasteiger partial charge in [0, 0.05) is 0 Å². The number of carbonyl (C=O) groups excluding carboxylic acids is 1. The molecule has 29 heavy (non-hydrogen) atoms. The van der Waals surface area contributed by atoms with Crippen LogP contribution in [0, 0.1) is 11.3 Å². The molecule has 0 saturated heterocycles. The highest BCUT2D eigenvalue weighted by atomic mass is 16.4. The Labute approximate surface area is 167 Å². The Bertz CT molecular complexity index is 1190. The smallest absolute Gasteiger partial charge is 0.230 e. The standard InChI is InChI=1S/C23H18N4O2/c24-10-11-25-21(28)15-23-27-26-22(29-23)13-16-6-7-20-14-19(9-8-18(20)12-16)17-4-2-1-3-5-17/h1-9,12,14H,11,13,15H2,(H,25,28). The minimum atomic E-state index is -0.318. The quantitative estimate of drug-likeness (QED) is 0.514. The fourth-order valence-corrected chi connectivity index (χ4v) is 3.16. The number of rotatable bonds is 6. The lowest BCUT2D eigenvalue weighted by Gasteiger charge is -2.06. The topological polar surface area (TPSA) is 91.8 Å². The van der Waals surface area contributed by atoms with Gasteiger partial charge in [0.2, 0.25) is 17.7 Å². The second kappa shape index (κ2) is 8.36. The van der Waals surface area contributed by atoms with E-state index >= 15 is 0 Å². The number of benzene rings is 3. The highest BCUT2D eigenvalue weighted by Gasteiger charge is 2.11. The maximum absolute atomic E-state index is 11.6. The van der Waals surface area contributed by atoms with E-state index in [9.17, 15) is 4.79 Å².